The molecule has 1 aliphatic rings. The van der Waals surface area contributed by atoms with Crippen LogP contribution in [0.2, 0.25) is 10.0 Å². The maximum absolute atomic E-state index is 13.4. The Morgan fingerprint density at radius 3 is 2.31 bits per heavy atom. The van der Waals surface area contributed by atoms with Crippen LogP contribution in [0.1, 0.15) is 54.4 Å². The van der Waals surface area contributed by atoms with Crippen molar-refractivity contribution in [2.24, 2.45) is 0 Å². The minimum atomic E-state index is -0.0944. The van der Waals surface area contributed by atoms with Crippen molar-refractivity contribution in [1.29, 1.82) is 0 Å². The fourth-order valence-corrected chi connectivity index (χ4v) is 4.34. The van der Waals surface area contributed by atoms with Gasteiger partial charge in [-0.15, -0.1) is 0 Å². The Hall–Kier alpha value is -2.08. The van der Waals surface area contributed by atoms with E-state index in [4.69, 9.17) is 27.9 Å². The zero-order valence-electron chi connectivity index (χ0n) is 18.5. The third kappa shape index (κ3) is 6.47. The molecule has 0 atom stereocenters. The summed E-state index contributed by atoms with van der Waals surface area (Å²) < 4.78 is 5.12. The lowest BCUT2D eigenvalue weighted by molar-refractivity contribution is -0.122. The molecule has 0 unspecified atom stereocenters. The monoisotopic (exact) mass is 476 g/mol. The smallest absolute Gasteiger partial charge is 0.254 e. The fourth-order valence-electron chi connectivity index (χ4n) is 4.04. The van der Waals surface area contributed by atoms with Gasteiger partial charge in [-0.25, -0.2) is 0 Å². The molecule has 7 heteroatoms. The molecule has 2 amide bonds. The molecule has 0 radical (unpaired) electrons. The van der Waals surface area contributed by atoms with Crippen LogP contribution >= 0.6 is 23.2 Å². The number of anilines is 1. The van der Waals surface area contributed by atoms with Gasteiger partial charge < -0.3 is 14.5 Å². The van der Waals surface area contributed by atoms with E-state index in [0.717, 1.165) is 49.8 Å². The Labute approximate surface area is 200 Å². The van der Waals surface area contributed by atoms with Crippen molar-refractivity contribution in [3.05, 3.63) is 63.6 Å². The van der Waals surface area contributed by atoms with Gasteiger partial charge in [0.2, 0.25) is 0 Å². The second kappa shape index (κ2) is 12.2. The van der Waals surface area contributed by atoms with Crippen LogP contribution in [0.3, 0.4) is 0 Å². The van der Waals surface area contributed by atoms with Gasteiger partial charge in [0.1, 0.15) is 6.61 Å². The summed E-state index contributed by atoms with van der Waals surface area (Å²) in [4.78, 5) is 29.9. The summed E-state index contributed by atoms with van der Waals surface area (Å²) >= 11 is 12.2. The van der Waals surface area contributed by atoms with E-state index >= 15 is 0 Å². The van der Waals surface area contributed by atoms with Crippen LogP contribution in [0.4, 0.5) is 5.69 Å². The lowest BCUT2D eigenvalue weighted by Gasteiger charge is -2.28. The molecule has 0 saturated carbocycles. The highest BCUT2D eigenvalue weighted by Gasteiger charge is 2.22. The number of amides is 2. The topological polar surface area (TPSA) is 49.9 Å². The molecular weight excluding hydrogens is 447 g/mol. The fraction of sp³-hybridized carbons (Fsp3) is 0.440. The number of ether oxygens (including phenoxy) is 1. The average Bonchev–Trinajstić information content (AvgIpc) is 2.80. The highest BCUT2D eigenvalue weighted by molar-refractivity contribution is 6.42. The first-order chi connectivity index (χ1) is 15.5. The minimum absolute atomic E-state index is 0.0280. The zero-order valence-corrected chi connectivity index (χ0v) is 20.0. The van der Waals surface area contributed by atoms with Gasteiger partial charge >= 0.3 is 0 Å². The number of hydrogen-bond donors (Lipinski definition) is 0. The summed E-state index contributed by atoms with van der Waals surface area (Å²) in [7, 11) is 1.53. The van der Waals surface area contributed by atoms with Crippen molar-refractivity contribution < 1.29 is 14.3 Å². The van der Waals surface area contributed by atoms with Crippen molar-refractivity contribution >= 4 is 40.7 Å². The Bertz CT molecular complexity index is 935. The van der Waals surface area contributed by atoms with E-state index in [1.807, 2.05) is 29.2 Å². The van der Waals surface area contributed by atoms with Gasteiger partial charge in [0, 0.05) is 38.0 Å². The van der Waals surface area contributed by atoms with Crippen LogP contribution in [-0.2, 0) is 16.1 Å². The number of carbonyl (C=O) groups excluding carboxylic acids is 2. The maximum atomic E-state index is 13.4. The molecule has 1 heterocycles. The number of rotatable bonds is 3. The van der Waals surface area contributed by atoms with Crippen LogP contribution in [0.5, 0.6) is 0 Å². The van der Waals surface area contributed by atoms with Crippen LogP contribution in [0, 0.1) is 0 Å². The van der Waals surface area contributed by atoms with Gasteiger partial charge in [-0.2, -0.15) is 0 Å². The lowest BCUT2D eigenvalue weighted by atomic mass is 10.1. The molecule has 0 N–H and O–H groups in total. The summed E-state index contributed by atoms with van der Waals surface area (Å²) in [6.45, 7) is 1.71. The number of hydrogen-bond acceptors (Lipinski definition) is 3. The van der Waals surface area contributed by atoms with E-state index in [1.165, 1.54) is 7.11 Å². The molecule has 32 heavy (non-hydrogen) atoms. The largest absolute Gasteiger partial charge is 0.375 e. The Morgan fingerprint density at radius 2 is 1.59 bits per heavy atom. The molecule has 0 aliphatic carbocycles. The Morgan fingerprint density at radius 1 is 0.906 bits per heavy atom. The Kier molecular flexibility index (Phi) is 9.39. The quantitative estimate of drug-likeness (QED) is 0.548. The number of methoxy groups -OCH3 is 1. The summed E-state index contributed by atoms with van der Waals surface area (Å²) in [5.74, 6) is -0.166. The molecule has 0 aromatic heterocycles. The van der Waals surface area contributed by atoms with Gasteiger partial charge in [0.05, 0.1) is 10.0 Å². The molecule has 0 bridgehead atoms. The molecule has 172 valence electrons. The second-order valence-electron chi connectivity index (χ2n) is 8.08. The van der Waals surface area contributed by atoms with Crippen LogP contribution in [0.25, 0.3) is 0 Å². The van der Waals surface area contributed by atoms with Gasteiger partial charge in [-0.3, -0.25) is 9.59 Å². The Balaban J connectivity index is 1.95. The van der Waals surface area contributed by atoms with E-state index in [-0.39, 0.29) is 18.4 Å². The predicted molar refractivity (Wildman–Crippen MR) is 130 cm³/mol. The number of benzene rings is 2. The SMILES string of the molecule is COCC(=O)N1CCCCCCCCN(C(=O)c2ccc(Cl)c(Cl)c2)Cc2ccccc21. The van der Waals surface area contributed by atoms with E-state index in [1.54, 1.807) is 23.1 Å². The maximum Gasteiger partial charge on any atom is 0.254 e. The first-order valence-electron chi connectivity index (χ1n) is 11.1. The summed E-state index contributed by atoms with van der Waals surface area (Å²) in [6.07, 6.45) is 6.25. The molecular formula is C25H30Cl2N2O3. The van der Waals surface area contributed by atoms with Gasteiger partial charge in [0.15, 0.2) is 0 Å². The first-order valence-corrected chi connectivity index (χ1v) is 11.9. The van der Waals surface area contributed by atoms with Crippen LogP contribution < -0.4 is 4.90 Å². The van der Waals surface area contributed by atoms with E-state index < -0.39 is 0 Å². The number of halogens is 2. The molecule has 0 fully saturated rings. The van der Waals surface area contributed by atoms with Crippen LogP contribution in [-0.4, -0.2) is 43.5 Å². The number of carbonyl (C=O) groups is 2. The van der Waals surface area contributed by atoms with Gasteiger partial charge in [-0.05, 0) is 42.7 Å². The molecule has 0 spiro atoms. The first kappa shape index (κ1) is 24.6. The van der Waals surface area contributed by atoms with Gasteiger partial charge in [-0.1, -0.05) is 67.1 Å². The van der Waals surface area contributed by atoms with Crippen molar-refractivity contribution in [2.45, 2.75) is 45.1 Å². The third-order valence-electron chi connectivity index (χ3n) is 5.73. The zero-order chi connectivity index (χ0) is 22.9. The van der Waals surface area contributed by atoms with Crippen molar-refractivity contribution in [3.8, 4) is 0 Å². The second-order valence-corrected chi connectivity index (χ2v) is 8.90. The number of nitrogens with zero attached hydrogens (tertiary/aromatic N) is 2. The molecule has 2 aromatic carbocycles. The van der Waals surface area contributed by atoms with Crippen LogP contribution in [0.15, 0.2) is 42.5 Å². The highest BCUT2D eigenvalue weighted by Crippen LogP contribution is 2.27. The third-order valence-corrected chi connectivity index (χ3v) is 6.47. The molecule has 3 rings (SSSR count). The van der Waals surface area contributed by atoms with E-state index in [2.05, 4.69) is 0 Å². The van der Waals surface area contributed by atoms with E-state index in [0.29, 0.717) is 35.2 Å². The van der Waals surface area contributed by atoms with Crippen molar-refractivity contribution in [1.82, 2.24) is 4.90 Å². The summed E-state index contributed by atoms with van der Waals surface area (Å²) in [5, 5.41) is 0.783. The molecule has 2 aromatic rings. The standard InChI is InChI=1S/C25H30Cl2N2O3/c1-32-18-24(30)29-15-9-5-3-2-4-8-14-28(17-20-10-6-7-11-23(20)29)25(31)19-12-13-21(26)22(27)16-19/h6-7,10-13,16H,2-5,8-9,14-15,17-18H2,1H3. The number of fused-ring (bicyclic) bond motifs is 1. The van der Waals surface area contributed by atoms with E-state index in [9.17, 15) is 9.59 Å². The average molecular weight is 477 g/mol. The predicted octanol–water partition coefficient (Wildman–Crippen LogP) is 5.97. The number of para-hydroxylation sites is 1. The molecule has 5 nitrogen and oxygen atoms in total. The van der Waals surface area contributed by atoms with Crippen molar-refractivity contribution in [2.75, 3.05) is 31.7 Å². The molecule has 1 aliphatic heterocycles. The summed E-state index contributed by atoms with van der Waals surface area (Å²) in [5.41, 5.74) is 2.28. The van der Waals surface area contributed by atoms with Crippen molar-refractivity contribution in [3.63, 3.8) is 0 Å². The highest BCUT2D eigenvalue weighted by atomic mass is 35.5. The lowest BCUT2D eigenvalue weighted by Crippen LogP contribution is -2.37. The summed E-state index contributed by atoms with van der Waals surface area (Å²) in [6, 6.07) is 12.8. The normalized spacial score (nSPS) is 15.8. The minimum Gasteiger partial charge on any atom is -0.375 e. The molecule has 0 saturated heterocycles. The van der Waals surface area contributed by atoms with Gasteiger partial charge in [0.25, 0.3) is 11.8 Å².